The number of carbonyl (C=O) groups excluding carboxylic acids is 1. The third kappa shape index (κ3) is 3.61. The first-order chi connectivity index (χ1) is 11.1. The molecule has 1 fully saturated rings. The van der Waals surface area contributed by atoms with E-state index in [-0.39, 0.29) is 12.1 Å². The van der Waals surface area contributed by atoms with Crippen LogP contribution in [0.15, 0.2) is 41.6 Å². The highest BCUT2D eigenvalue weighted by atomic mass is 32.2. The highest BCUT2D eigenvalue weighted by Crippen LogP contribution is 2.30. The van der Waals surface area contributed by atoms with Gasteiger partial charge in [0.25, 0.3) is 0 Å². The number of rotatable bonds is 3. The zero-order chi connectivity index (χ0) is 16.2. The number of anilines is 1. The summed E-state index contributed by atoms with van der Waals surface area (Å²) < 4.78 is 11.4. The van der Waals surface area contributed by atoms with Crippen molar-refractivity contribution in [3.8, 4) is 0 Å². The Labute approximate surface area is 137 Å². The van der Waals surface area contributed by atoms with E-state index in [2.05, 4.69) is 15.5 Å². The van der Waals surface area contributed by atoms with Gasteiger partial charge >= 0.3 is 6.03 Å². The first kappa shape index (κ1) is 15.7. The van der Waals surface area contributed by atoms with Crippen molar-refractivity contribution in [1.29, 1.82) is 0 Å². The average molecular weight is 332 g/mol. The quantitative estimate of drug-likeness (QED) is 0.907. The number of amides is 2. The van der Waals surface area contributed by atoms with E-state index in [1.807, 2.05) is 11.1 Å². The molecule has 2 unspecified atom stereocenters. The lowest BCUT2D eigenvalue weighted by molar-refractivity contribution is 0.163. The Hall–Kier alpha value is -2.15. The van der Waals surface area contributed by atoms with E-state index in [0.717, 1.165) is 36.3 Å². The number of nitrogens with one attached hydrogen (secondary N) is 2. The van der Waals surface area contributed by atoms with Crippen LogP contribution in [0.25, 0.3) is 0 Å². The average Bonchev–Trinajstić information content (AvgIpc) is 3.09. The van der Waals surface area contributed by atoms with Gasteiger partial charge in [-0.05, 0) is 43.5 Å². The van der Waals surface area contributed by atoms with E-state index in [4.69, 9.17) is 0 Å². The third-order valence-electron chi connectivity index (χ3n) is 4.11. The summed E-state index contributed by atoms with van der Waals surface area (Å²) in [5.41, 5.74) is 1.75. The van der Waals surface area contributed by atoms with Crippen LogP contribution >= 0.6 is 0 Å². The molecule has 2 atom stereocenters. The molecule has 2 amide bonds. The summed E-state index contributed by atoms with van der Waals surface area (Å²) in [4.78, 5) is 15.2. The van der Waals surface area contributed by atoms with Crippen LogP contribution in [-0.4, -0.2) is 38.1 Å². The number of H-pyrrole nitrogens is 1. The van der Waals surface area contributed by atoms with Crippen molar-refractivity contribution in [3.63, 3.8) is 0 Å². The maximum Gasteiger partial charge on any atom is 0.322 e. The first-order valence-electron chi connectivity index (χ1n) is 7.65. The van der Waals surface area contributed by atoms with Gasteiger partial charge < -0.3 is 10.2 Å². The second-order valence-corrected chi connectivity index (χ2v) is 7.02. The number of nitrogens with zero attached hydrogens (tertiary/aromatic N) is 2. The van der Waals surface area contributed by atoms with Crippen molar-refractivity contribution in [1.82, 2.24) is 15.1 Å². The molecule has 2 aromatic rings. The number of hydrogen-bond acceptors (Lipinski definition) is 3. The summed E-state index contributed by atoms with van der Waals surface area (Å²) in [6, 6.07) is 7.06. The fraction of sp³-hybridized carbons (Fsp3) is 0.375. The molecule has 7 heteroatoms. The molecule has 1 aliphatic rings. The molecule has 1 saturated heterocycles. The molecule has 0 aliphatic carbocycles. The minimum atomic E-state index is -1.01. The molecule has 122 valence electrons. The number of urea groups is 1. The Morgan fingerprint density at radius 2 is 2.13 bits per heavy atom. The Balaban J connectivity index is 1.72. The molecule has 0 spiro atoms. The molecule has 1 aromatic heterocycles. The molecule has 2 heterocycles. The fourth-order valence-electron chi connectivity index (χ4n) is 2.89. The first-order valence-corrected chi connectivity index (χ1v) is 9.21. The number of hydrogen-bond donors (Lipinski definition) is 2. The molecular formula is C16H20N4O2S. The lowest BCUT2D eigenvalue weighted by Crippen LogP contribution is -2.41. The Kier molecular flexibility index (Phi) is 4.76. The van der Waals surface area contributed by atoms with E-state index in [1.54, 1.807) is 36.7 Å². The highest BCUT2D eigenvalue weighted by molar-refractivity contribution is 7.84. The van der Waals surface area contributed by atoms with Crippen molar-refractivity contribution in [2.24, 2.45) is 0 Å². The number of aromatic nitrogens is 2. The molecular weight excluding hydrogens is 312 g/mol. The zero-order valence-electron chi connectivity index (χ0n) is 13.0. The van der Waals surface area contributed by atoms with Gasteiger partial charge in [-0.15, -0.1) is 0 Å². The third-order valence-corrected chi connectivity index (χ3v) is 5.04. The number of likely N-dealkylation sites (tertiary alicyclic amines) is 1. The number of carbonyl (C=O) groups is 1. The maximum absolute atomic E-state index is 12.6. The topological polar surface area (TPSA) is 78.1 Å². The molecule has 3 rings (SSSR count). The molecule has 0 radical (unpaired) electrons. The van der Waals surface area contributed by atoms with Crippen molar-refractivity contribution >= 4 is 22.5 Å². The van der Waals surface area contributed by atoms with Gasteiger partial charge in [0.15, 0.2) is 0 Å². The van der Waals surface area contributed by atoms with Crippen LogP contribution in [0, 0.1) is 0 Å². The van der Waals surface area contributed by atoms with E-state index in [0.29, 0.717) is 5.69 Å². The van der Waals surface area contributed by atoms with Crippen LogP contribution in [-0.2, 0) is 10.8 Å². The minimum Gasteiger partial charge on any atom is -0.317 e. The summed E-state index contributed by atoms with van der Waals surface area (Å²) in [6.45, 7) is 0.735. The van der Waals surface area contributed by atoms with Crippen LogP contribution in [0.5, 0.6) is 0 Å². The van der Waals surface area contributed by atoms with Gasteiger partial charge in [-0.3, -0.25) is 9.31 Å². The predicted octanol–water partition coefficient (Wildman–Crippen LogP) is 2.91. The van der Waals surface area contributed by atoms with Gasteiger partial charge in [-0.1, -0.05) is 0 Å². The van der Waals surface area contributed by atoms with Gasteiger partial charge in [0.05, 0.1) is 12.2 Å². The number of piperidine rings is 1. The monoisotopic (exact) mass is 332 g/mol. The van der Waals surface area contributed by atoms with Crippen molar-refractivity contribution in [2.45, 2.75) is 30.2 Å². The van der Waals surface area contributed by atoms with E-state index in [1.165, 1.54) is 0 Å². The molecule has 1 aromatic carbocycles. The van der Waals surface area contributed by atoms with Gasteiger partial charge in [0.2, 0.25) is 0 Å². The molecule has 6 nitrogen and oxygen atoms in total. The van der Waals surface area contributed by atoms with Crippen LogP contribution in [0.1, 0.15) is 30.9 Å². The van der Waals surface area contributed by atoms with Crippen LogP contribution in [0.4, 0.5) is 10.5 Å². The molecule has 1 aliphatic heterocycles. The summed E-state index contributed by atoms with van der Waals surface area (Å²) in [6.07, 6.45) is 8.33. The molecule has 0 saturated carbocycles. The number of aromatic amines is 1. The minimum absolute atomic E-state index is 0.0601. The smallest absolute Gasteiger partial charge is 0.317 e. The summed E-state index contributed by atoms with van der Waals surface area (Å²) in [5, 5.41) is 9.73. The normalized spacial score (nSPS) is 19.3. The molecule has 0 bridgehead atoms. The van der Waals surface area contributed by atoms with Gasteiger partial charge in [0, 0.05) is 45.9 Å². The second kappa shape index (κ2) is 6.95. The Morgan fingerprint density at radius 3 is 2.78 bits per heavy atom. The van der Waals surface area contributed by atoms with E-state index >= 15 is 0 Å². The summed E-state index contributed by atoms with van der Waals surface area (Å²) in [5.74, 6) is 0. The Bertz CT molecular complexity index is 685. The van der Waals surface area contributed by atoms with Crippen LogP contribution < -0.4 is 5.32 Å². The van der Waals surface area contributed by atoms with Gasteiger partial charge in [-0.25, -0.2) is 4.79 Å². The number of benzene rings is 1. The summed E-state index contributed by atoms with van der Waals surface area (Å²) in [7, 11) is -1.01. The van der Waals surface area contributed by atoms with Crippen LogP contribution in [0.3, 0.4) is 0 Å². The van der Waals surface area contributed by atoms with Crippen molar-refractivity contribution < 1.29 is 9.00 Å². The van der Waals surface area contributed by atoms with E-state index in [9.17, 15) is 9.00 Å². The fourth-order valence-corrected chi connectivity index (χ4v) is 3.41. The van der Waals surface area contributed by atoms with Crippen LogP contribution in [0.2, 0.25) is 0 Å². The van der Waals surface area contributed by atoms with E-state index < -0.39 is 10.8 Å². The van der Waals surface area contributed by atoms with Gasteiger partial charge in [0.1, 0.15) is 0 Å². The standard InChI is InChI=1S/C16H20N4O2S/c1-23(22)14-7-5-13(6-8-14)19-16(21)20-9-3-2-4-15(20)12-10-17-18-11-12/h5-8,10-11,15H,2-4,9H2,1H3,(H,17,18)(H,19,21). The Morgan fingerprint density at radius 1 is 1.35 bits per heavy atom. The second-order valence-electron chi connectivity index (χ2n) is 5.65. The lowest BCUT2D eigenvalue weighted by Gasteiger charge is -2.35. The van der Waals surface area contributed by atoms with Crippen molar-refractivity contribution in [2.75, 3.05) is 18.1 Å². The van der Waals surface area contributed by atoms with Crippen molar-refractivity contribution in [3.05, 3.63) is 42.2 Å². The predicted molar refractivity (Wildman–Crippen MR) is 89.7 cm³/mol. The lowest BCUT2D eigenvalue weighted by atomic mass is 9.98. The largest absolute Gasteiger partial charge is 0.322 e. The zero-order valence-corrected chi connectivity index (χ0v) is 13.8. The molecule has 2 N–H and O–H groups in total. The highest BCUT2D eigenvalue weighted by Gasteiger charge is 2.28. The van der Waals surface area contributed by atoms with Gasteiger partial charge in [-0.2, -0.15) is 5.10 Å². The molecule has 23 heavy (non-hydrogen) atoms. The SMILES string of the molecule is CS(=O)c1ccc(NC(=O)N2CCCCC2c2cn[nH]c2)cc1. The maximum atomic E-state index is 12.6. The summed E-state index contributed by atoms with van der Waals surface area (Å²) >= 11 is 0.